The second kappa shape index (κ2) is 7.50. The van der Waals surface area contributed by atoms with E-state index >= 15 is 0 Å². The number of rotatable bonds is 6. The summed E-state index contributed by atoms with van der Waals surface area (Å²) >= 11 is 0. The van der Waals surface area contributed by atoms with Gasteiger partial charge in [0, 0.05) is 12.5 Å². The van der Waals surface area contributed by atoms with Crippen LogP contribution in [0, 0.1) is 5.92 Å². The van der Waals surface area contributed by atoms with E-state index in [0.29, 0.717) is 6.42 Å². The van der Waals surface area contributed by atoms with Gasteiger partial charge in [-0.25, -0.2) is 0 Å². The fourth-order valence-electron chi connectivity index (χ4n) is 3.61. The summed E-state index contributed by atoms with van der Waals surface area (Å²) in [5, 5.41) is 11.8. The first kappa shape index (κ1) is 15.1. The van der Waals surface area contributed by atoms with Gasteiger partial charge in [0.1, 0.15) is 0 Å². The Hall–Kier alpha value is -1.26. The first-order valence-corrected chi connectivity index (χ1v) is 7.96. The zero-order valence-corrected chi connectivity index (χ0v) is 12.3. The number of hydrogen-bond donors (Lipinski definition) is 2. The molecule has 0 aromatic heterocycles. The van der Waals surface area contributed by atoms with Crippen molar-refractivity contribution >= 4 is 11.7 Å². The third-order valence-corrected chi connectivity index (χ3v) is 4.79. The van der Waals surface area contributed by atoms with E-state index in [1.54, 1.807) is 0 Å². The van der Waals surface area contributed by atoms with Crippen molar-refractivity contribution < 1.29 is 10.0 Å². The molecule has 2 fully saturated rings. The van der Waals surface area contributed by atoms with E-state index in [1.807, 2.05) is 4.90 Å². The van der Waals surface area contributed by atoms with Crippen molar-refractivity contribution in [2.45, 2.75) is 70.3 Å². The lowest BCUT2D eigenvalue weighted by Crippen LogP contribution is -2.44. The van der Waals surface area contributed by atoms with Crippen molar-refractivity contribution in [1.82, 2.24) is 4.90 Å². The Labute approximate surface area is 121 Å². The Morgan fingerprint density at radius 1 is 1.15 bits per heavy atom. The van der Waals surface area contributed by atoms with Crippen LogP contribution in [-0.4, -0.2) is 34.4 Å². The summed E-state index contributed by atoms with van der Waals surface area (Å²) in [5.41, 5.74) is 5.60. The van der Waals surface area contributed by atoms with Crippen LogP contribution in [0.5, 0.6) is 0 Å². The largest absolute Gasteiger partial charge is 0.409 e. The molecule has 0 unspecified atom stereocenters. The summed E-state index contributed by atoms with van der Waals surface area (Å²) in [7, 11) is 0. The molecule has 114 valence electrons. The second-order valence-electron chi connectivity index (χ2n) is 6.24. The maximum absolute atomic E-state index is 12.5. The molecule has 2 aliphatic rings. The zero-order valence-electron chi connectivity index (χ0n) is 12.3. The molecule has 0 atom stereocenters. The van der Waals surface area contributed by atoms with Gasteiger partial charge in [0.05, 0.1) is 6.54 Å². The maximum Gasteiger partial charge on any atom is 0.223 e. The van der Waals surface area contributed by atoms with E-state index in [-0.39, 0.29) is 24.3 Å². The van der Waals surface area contributed by atoms with Crippen LogP contribution in [0.1, 0.15) is 64.2 Å². The molecule has 0 aromatic carbocycles. The minimum Gasteiger partial charge on any atom is -0.409 e. The predicted octanol–water partition coefficient (Wildman–Crippen LogP) is 2.47. The van der Waals surface area contributed by atoms with E-state index in [4.69, 9.17) is 10.9 Å². The van der Waals surface area contributed by atoms with Gasteiger partial charge in [-0.15, -0.1) is 0 Å². The lowest BCUT2D eigenvalue weighted by molar-refractivity contribution is -0.132. The molecule has 20 heavy (non-hydrogen) atoms. The molecule has 0 spiro atoms. The van der Waals surface area contributed by atoms with Crippen LogP contribution in [0.25, 0.3) is 0 Å². The Morgan fingerprint density at radius 3 is 2.35 bits per heavy atom. The van der Waals surface area contributed by atoms with Crippen molar-refractivity contribution in [1.29, 1.82) is 0 Å². The number of nitrogens with zero attached hydrogens (tertiary/aromatic N) is 2. The van der Waals surface area contributed by atoms with Gasteiger partial charge in [0.2, 0.25) is 5.91 Å². The van der Waals surface area contributed by atoms with Gasteiger partial charge >= 0.3 is 0 Å². The lowest BCUT2D eigenvalue weighted by atomic mass is 10.0. The summed E-state index contributed by atoms with van der Waals surface area (Å²) in [6.07, 6.45) is 11.2. The SMILES string of the molecule is NC(CN(C(=O)CCC1CCCC1)C1CCCC1)=NO. The number of amides is 1. The van der Waals surface area contributed by atoms with E-state index in [0.717, 1.165) is 25.2 Å². The van der Waals surface area contributed by atoms with E-state index in [2.05, 4.69) is 5.16 Å². The van der Waals surface area contributed by atoms with Gasteiger partial charge in [-0.3, -0.25) is 4.79 Å². The minimum atomic E-state index is 0.131. The molecule has 3 N–H and O–H groups in total. The van der Waals surface area contributed by atoms with Crippen molar-refractivity contribution in [2.75, 3.05) is 6.54 Å². The highest BCUT2D eigenvalue weighted by Crippen LogP contribution is 2.29. The molecule has 1 amide bonds. The standard InChI is InChI=1S/C15H27N3O2/c16-14(17-20)11-18(13-7-3-4-8-13)15(19)10-9-12-5-1-2-6-12/h12-13,20H,1-11H2,(H2,16,17). The average molecular weight is 281 g/mol. The van der Waals surface area contributed by atoms with Crippen LogP contribution in [0.4, 0.5) is 0 Å². The summed E-state index contributed by atoms with van der Waals surface area (Å²) in [5.74, 6) is 1.04. The second-order valence-corrected chi connectivity index (χ2v) is 6.24. The molecule has 0 aliphatic heterocycles. The summed E-state index contributed by atoms with van der Waals surface area (Å²) < 4.78 is 0. The van der Waals surface area contributed by atoms with Gasteiger partial charge < -0.3 is 15.8 Å². The molecule has 0 bridgehead atoms. The van der Waals surface area contributed by atoms with Crippen LogP contribution >= 0.6 is 0 Å². The van der Waals surface area contributed by atoms with Crippen LogP contribution in [-0.2, 0) is 4.79 Å². The van der Waals surface area contributed by atoms with E-state index in [1.165, 1.54) is 38.5 Å². The Morgan fingerprint density at radius 2 is 1.75 bits per heavy atom. The highest BCUT2D eigenvalue weighted by molar-refractivity contribution is 5.87. The molecule has 2 aliphatic carbocycles. The van der Waals surface area contributed by atoms with Crippen molar-refractivity contribution in [2.24, 2.45) is 16.8 Å². The fourth-order valence-corrected chi connectivity index (χ4v) is 3.61. The predicted molar refractivity (Wildman–Crippen MR) is 78.6 cm³/mol. The number of nitrogens with two attached hydrogens (primary N) is 1. The molecule has 2 rings (SSSR count). The van der Waals surface area contributed by atoms with E-state index in [9.17, 15) is 4.79 Å². The Balaban J connectivity index is 1.88. The highest BCUT2D eigenvalue weighted by atomic mass is 16.4. The number of oxime groups is 1. The third kappa shape index (κ3) is 4.12. The molecule has 0 saturated heterocycles. The molecule has 5 nitrogen and oxygen atoms in total. The van der Waals surface area contributed by atoms with Crippen LogP contribution in [0.15, 0.2) is 5.16 Å². The average Bonchev–Trinajstić information content (AvgIpc) is 3.14. The fraction of sp³-hybridized carbons (Fsp3) is 0.867. The lowest BCUT2D eigenvalue weighted by Gasteiger charge is -2.29. The molecular formula is C15H27N3O2. The monoisotopic (exact) mass is 281 g/mol. The van der Waals surface area contributed by atoms with Gasteiger partial charge in [0.25, 0.3) is 0 Å². The minimum absolute atomic E-state index is 0.131. The highest BCUT2D eigenvalue weighted by Gasteiger charge is 2.28. The van der Waals surface area contributed by atoms with Crippen LogP contribution < -0.4 is 5.73 Å². The van der Waals surface area contributed by atoms with Crippen LogP contribution in [0.3, 0.4) is 0 Å². The number of hydrogen-bond acceptors (Lipinski definition) is 3. The topological polar surface area (TPSA) is 78.9 Å². The summed E-state index contributed by atoms with van der Waals surface area (Å²) in [6.45, 7) is 0.269. The van der Waals surface area contributed by atoms with Gasteiger partial charge in [-0.1, -0.05) is 43.7 Å². The van der Waals surface area contributed by atoms with Gasteiger partial charge in [-0.2, -0.15) is 0 Å². The Bertz CT molecular complexity index is 345. The molecule has 0 heterocycles. The molecule has 0 aromatic rings. The summed E-state index contributed by atoms with van der Waals surface area (Å²) in [6, 6.07) is 0.284. The van der Waals surface area contributed by atoms with Crippen LogP contribution in [0.2, 0.25) is 0 Å². The van der Waals surface area contributed by atoms with Crippen molar-refractivity contribution in [3.8, 4) is 0 Å². The zero-order chi connectivity index (χ0) is 14.4. The smallest absolute Gasteiger partial charge is 0.223 e. The van der Waals surface area contributed by atoms with E-state index < -0.39 is 0 Å². The molecule has 2 saturated carbocycles. The molecule has 0 radical (unpaired) electrons. The summed E-state index contributed by atoms with van der Waals surface area (Å²) in [4.78, 5) is 14.3. The van der Waals surface area contributed by atoms with Crippen molar-refractivity contribution in [3.63, 3.8) is 0 Å². The molecule has 5 heteroatoms. The molecular weight excluding hydrogens is 254 g/mol. The number of carbonyl (C=O) groups excluding carboxylic acids is 1. The normalized spacial score (nSPS) is 21.5. The van der Waals surface area contributed by atoms with Gasteiger partial charge in [0.15, 0.2) is 5.84 Å². The Kier molecular flexibility index (Phi) is 5.68. The van der Waals surface area contributed by atoms with Crippen molar-refractivity contribution in [3.05, 3.63) is 0 Å². The quantitative estimate of drug-likeness (QED) is 0.340. The maximum atomic E-state index is 12.5. The third-order valence-electron chi connectivity index (χ3n) is 4.79. The van der Waals surface area contributed by atoms with Gasteiger partial charge in [-0.05, 0) is 25.2 Å². The number of amidine groups is 1. The number of carbonyl (C=O) groups is 1. The first-order valence-electron chi connectivity index (χ1n) is 7.96. The first-order chi connectivity index (χ1) is 9.70.